The molecule has 0 amide bonds. The van der Waals surface area contributed by atoms with Gasteiger partial charge in [0.05, 0.1) is 25.5 Å². The summed E-state index contributed by atoms with van der Waals surface area (Å²) < 4.78 is 11.9. The van der Waals surface area contributed by atoms with E-state index in [4.69, 9.17) is 9.47 Å². The Balaban J connectivity index is 1.89. The maximum absolute atomic E-state index is 12.2. The number of benzene rings is 2. The number of imidazole rings is 1. The van der Waals surface area contributed by atoms with Crippen LogP contribution in [0.5, 0.6) is 11.5 Å². The second-order valence-corrected chi connectivity index (χ2v) is 6.15. The number of aromatic nitrogens is 3. The Morgan fingerprint density at radius 3 is 2.76 bits per heavy atom. The van der Waals surface area contributed by atoms with Gasteiger partial charge in [-0.25, -0.2) is 14.8 Å². The van der Waals surface area contributed by atoms with Gasteiger partial charge in [0.25, 0.3) is 0 Å². The molecule has 8 heteroatoms. The molecule has 0 aliphatic carbocycles. The van der Waals surface area contributed by atoms with Crippen LogP contribution in [0.15, 0.2) is 60.9 Å². The molecule has 146 valence electrons. The number of ether oxygens (including phenoxy) is 2. The number of hydrogen-bond donors (Lipinski definition) is 2. The van der Waals surface area contributed by atoms with Gasteiger partial charge in [0.15, 0.2) is 11.5 Å². The molecule has 0 saturated heterocycles. The lowest BCUT2D eigenvalue weighted by Gasteiger charge is -2.12. The maximum Gasteiger partial charge on any atom is 0.339 e. The number of rotatable bonds is 5. The first-order chi connectivity index (χ1) is 14.1. The summed E-state index contributed by atoms with van der Waals surface area (Å²) in [6, 6.07) is 13.8. The third kappa shape index (κ3) is 3.31. The Kier molecular flexibility index (Phi) is 4.74. The molecule has 2 aromatic carbocycles. The summed E-state index contributed by atoms with van der Waals surface area (Å²) >= 11 is 0. The molecule has 0 fully saturated rings. The predicted octanol–water partition coefficient (Wildman–Crippen LogP) is 3.64. The smallest absolute Gasteiger partial charge is 0.339 e. The lowest BCUT2D eigenvalue weighted by molar-refractivity contribution is 0.0602. The van der Waals surface area contributed by atoms with Crippen molar-refractivity contribution in [3.63, 3.8) is 0 Å². The molecular formula is C21H18N4O4. The Hall–Kier alpha value is -4.07. The highest BCUT2D eigenvalue weighted by Crippen LogP contribution is 2.36. The van der Waals surface area contributed by atoms with Crippen LogP contribution >= 0.6 is 0 Å². The van der Waals surface area contributed by atoms with Gasteiger partial charge in [-0.3, -0.25) is 4.40 Å². The van der Waals surface area contributed by atoms with Crippen LogP contribution < -0.4 is 10.1 Å². The number of para-hydroxylation sites is 1. The van der Waals surface area contributed by atoms with Crippen LogP contribution in [0.1, 0.15) is 10.4 Å². The number of fused-ring (bicyclic) bond motifs is 1. The summed E-state index contributed by atoms with van der Waals surface area (Å²) in [5.41, 5.74) is 2.25. The van der Waals surface area contributed by atoms with Gasteiger partial charge in [-0.1, -0.05) is 12.1 Å². The first-order valence-corrected chi connectivity index (χ1v) is 8.77. The molecule has 0 bridgehead atoms. The first-order valence-electron chi connectivity index (χ1n) is 8.77. The molecular weight excluding hydrogens is 372 g/mol. The molecule has 4 rings (SSSR count). The van der Waals surface area contributed by atoms with E-state index in [9.17, 15) is 9.90 Å². The summed E-state index contributed by atoms with van der Waals surface area (Å²) in [6.07, 6.45) is 3.47. The van der Waals surface area contributed by atoms with Crippen LogP contribution in [0.3, 0.4) is 0 Å². The fraction of sp³-hybridized carbons (Fsp3) is 0.0952. The minimum atomic E-state index is -0.451. The average molecular weight is 390 g/mol. The highest BCUT2D eigenvalue weighted by molar-refractivity contribution is 5.97. The Labute approximate surface area is 166 Å². The van der Waals surface area contributed by atoms with E-state index in [1.807, 2.05) is 12.3 Å². The molecule has 0 spiro atoms. The second-order valence-electron chi connectivity index (χ2n) is 6.15. The van der Waals surface area contributed by atoms with Gasteiger partial charge in [-0.05, 0) is 36.4 Å². The van der Waals surface area contributed by atoms with Gasteiger partial charge >= 0.3 is 5.97 Å². The molecule has 0 radical (unpaired) electrons. The molecule has 0 atom stereocenters. The van der Waals surface area contributed by atoms with Crippen LogP contribution in [-0.4, -0.2) is 39.7 Å². The van der Waals surface area contributed by atoms with Crippen molar-refractivity contribution in [1.82, 2.24) is 14.4 Å². The van der Waals surface area contributed by atoms with Crippen molar-refractivity contribution >= 4 is 23.3 Å². The molecule has 4 aromatic rings. The average Bonchev–Trinajstić information content (AvgIpc) is 3.12. The number of carbonyl (C=O) groups excluding carboxylic acids is 1. The van der Waals surface area contributed by atoms with Gasteiger partial charge in [-0.2, -0.15) is 0 Å². The predicted molar refractivity (Wildman–Crippen MR) is 108 cm³/mol. The van der Waals surface area contributed by atoms with Gasteiger partial charge in [0.1, 0.15) is 11.5 Å². The first kappa shape index (κ1) is 18.3. The number of nitrogens with one attached hydrogen (secondary N) is 1. The Morgan fingerprint density at radius 2 is 1.97 bits per heavy atom. The van der Waals surface area contributed by atoms with E-state index in [-0.39, 0.29) is 5.75 Å². The number of anilines is 2. The topological polar surface area (TPSA) is 98.0 Å². The summed E-state index contributed by atoms with van der Waals surface area (Å²) in [5.74, 6) is 0.995. The highest BCUT2D eigenvalue weighted by atomic mass is 16.5. The highest BCUT2D eigenvalue weighted by Gasteiger charge is 2.19. The summed E-state index contributed by atoms with van der Waals surface area (Å²) in [5, 5.41) is 13.2. The number of aromatic hydroxyl groups is 1. The van der Waals surface area contributed by atoms with E-state index in [1.54, 1.807) is 47.0 Å². The molecule has 0 unspecified atom stereocenters. The minimum Gasteiger partial charge on any atom is -0.504 e. The standard InChI is InChI=1S/C21H18N4O4/c1-28-17-12-13(8-9-16(17)26)18-19(25-11-5-10-22-21(25)24-18)23-15-7-4-3-6-14(15)20(27)29-2/h3-12,23,26H,1-2H3. The van der Waals surface area contributed by atoms with Crippen molar-refractivity contribution in [2.45, 2.75) is 0 Å². The van der Waals surface area contributed by atoms with Crippen molar-refractivity contribution in [3.8, 4) is 22.8 Å². The van der Waals surface area contributed by atoms with Crippen LogP contribution in [0.25, 0.3) is 17.0 Å². The van der Waals surface area contributed by atoms with E-state index >= 15 is 0 Å². The Bertz CT molecular complexity index is 1200. The SMILES string of the molecule is COC(=O)c1ccccc1Nc1c(-c2ccc(O)c(OC)c2)nc2ncccn12. The minimum absolute atomic E-state index is 0.0312. The van der Waals surface area contributed by atoms with Gasteiger partial charge in [0, 0.05) is 18.0 Å². The third-order valence-corrected chi connectivity index (χ3v) is 4.44. The van der Waals surface area contributed by atoms with Gasteiger partial charge in [-0.15, -0.1) is 0 Å². The third-order valence-electron chi connectivity index (χ3n) is 4.44. The van der Waals surface area contributed by atoms with Gasteiger partial charge in [0.2, 0.25) is 5.78 Å². The number of carbonyl (C=O) groups is 1. The summed E-state index contributed by atoms with van der Waals surface area (Å²) in [7, 11) is 2.82. The van der Waals surface area contributed by atoms with Crippen molar-refractivity contribution in [1.29, 1.82) is 0 Å². The number of esters is 1. The van der Waals surface area contributed by atoms with Crippen molar-refractivity contribution < 1.29 is 19.4 Å². The molecule has 2 aromatic heterocycles. The number of hydrogen-bond acceptors (Lipinski definition) is 7. The van der Waals surface area contributed by atoms with Crippen molar-refractivity contribution in [2.24, 2.45) is 0 Å². The van der Waals surface area contributed by atoms with Gasteiger partial charge < -0.3 is 19.9 Å². The molecule has 8 nitrogen and oxygen atoms in total. The van der Waals surface area contributed by atoms with E-state index in [0.717, 1.165) is 0 Å². The molecule has 0 aliphatic heterocycles. The van der Waals surface area contributed by atoms with E-state index in [2.05, 4.69) is 15.3 Å². The van der Waals surface area contributed by atoms with Crippen molar-refractivity contribution in [3.05, 3.63) is 66.5 Å². The molecule has 29 heavy (non-hydrogen) atoms. The zero-order chi connectivity index (χ0) is 20.4. The van der Waals surface area contributed by atoms with Crippen LogP contribution in [0.4, 0.5) is 11.5 Å². The van der Waals surface area contributed by atoms with Crippen molar-refractivity contribution in [2.75, 3.05) is 19.5 Å². The van der Waals surface area contributed by atoms with E-state index in [1.165, 1.54) is 20.3 Å². The summed E-state index contributed by atoms with van der Waals surface area (Å²) in [4.78, 5) is 21.1. The second kappa shape index (κ2) is 7.51. The monoisotopic (exact) mass is 390 g/mol. The number of methoxy groups -OCH3 is 2. The molecule has 2 N–H and O–H groups in total. The number of phenols is 1. The van der Waals surface area contributed by atoms with Crippen LogP contribution in [-0.2, 0) is 4.74 Å². The normalized spacial score (nSPS) is 10.7. The zero-order valence-corrected chi connectivity index (χ0v) is 15.8. The van der Waals surface area contributed by atoms with E-state index in [0.29, 0.717) is 39.9 Å². The number of nitrogens with zero attached hydrogens (tertiary/aromatic N) is 3. The molecule has 0 aliphatic rings. The number of phenolic OH excluding ortho intramolecular Hbond substituents is 1. The fourth-order valence-corrected chi connectivity index (χ4v) is 3.04. The molecule has 2 heterocycles. The lowest BCUT2D eigenvalue weighted by Crippen LogP contribution is -2.06. The Morgan fingerprint density at radius 1 is 1.14 bits per heavy atom. The molecule has 0 saturated carbocycles. The zero-order valence-electron chi connectivity index (χ0n) is 15.8. The van der Waals surface area contributed by atoms with E-state index < -0.39 is 5.97 Å². The largest absolute Gasteiger partial charge is 0.504 e. The summed E-state index contributed by atoms with van der Waals surface area (Å²) in [6.45, 7) is 0. The van der Waals surface area contributed by atoms with Crippen LogP contribution in [0, 0.1) is 0 Å². The fourth-order valence-electron chi connectivity index (χ4n) is 3.04. The lowest BCUT2D eigenvalue weighted by atomic mass is 10.1. The van der Waals surface area contributed by atoms with Crippen LogP contribution in [0.2, 0.25) is 0 Å². The quantitative estimate of drug-likeness (QED) is 0.502. The maximum atomic E-state index is 12.2.